The van der Waals surface area contributed by atoms with Gasteiger partial charge in [0.05, 0.1) is 0 Å². The molecule has 2 aromatic rings. The number of likely N-dealkylation sites (tertiary alicyclic amines) is 1. The molecular weight excluding hydrogens is 504 g/mol. The van der Waals surface area contributed by atoms with E-state index in [1.807, 2.05) is 29.2 Å². The summed E-state index contributed by atoms with van der Waals surface area (Å²) in [5.41, 5.74) is 1.05. The molecular formula is C32H44N4O4. The maximum atomic E-state index is 13.8. The second-order valence-corrected chi connectivity index (χ2v) is 12.0. The first-order valence-corrected chi connectivity index (χ1v) is 15.2. The summed E-state index contributed by atoms with van der Waals surface area (Å²) in [6.07, 6.45) is 11.6. The number of ether oxygens (including phenoxy) is 1. The van der Waals surface area contributed by atoms with Crippen LogP contribution in [-0.4, -0.2) is 52.8 Å². The van der Waals surface area contributed by atoms with Crippen LogP contribution in [0, 0.1) is 18.0 Å². The van der Waals surface area contributed by atoms with E-state index in [4.69, 9.17) is 4.74 Å². The zero-order valence-electron chi connectivity index (χ0n) is 24.1. The molecule has 1 saturated carbocycles. The van der Waals surface area contributed by atoms with Gasteiger partial charge in [-0.2, -0.15) is 4.73 Å². The van der Waals surface area contributed by atoms with E-state index < -0.39 is 5.54 Å². The third kappa shape index (κ3) is 6.27. The van der Waals surface area contributed by atoms with Gasteiger partial charge in [0, 0.05) is 39.2 Å². The molecule has 0 bridgehead atoms. The Hall–Kier alpha value is -3.13. The summed E-state index contributed by atoms with van der Waals surface area (Å²) >= 11 is 0. The number of piperidine rings is 1. The zero-order valence-corrected chi connectivity index (χ0v) is 24.1. The molecule has 2 saturated heterocycles. The molecule has 2 amide bonds. The number of unbranched alkanes of at least 4 members (excludes halogenated alkanes) is 1. The van der Waals surface area contributed by atoms with Gasteiger partial charge < -0.3 is 20.2 Å². The Labute approximate surface area is 238 Å². The predicted molar refractivity (Wildman–Crippen MR) is 154 cm³/mol. The zero-order chi connectivity index (χ0) is 28.1. The molecule has 1 atom stereocenters. The van der Waals surface area contributed by atoms with E-state index in [2.05, 4.69) is 17.1 Å². The number of benzene rings is 1. The van der Waals surface area contributed by atoms with Crippen molar-refractivity contribution in [3.05, 3.63) is 59.1 Å². The van der Waals surface area contributed by atoms with E-state index in [-0.39, 0.29) is 17.9 Å². The largest absolute Gasteiger partial charge is 0.618 e. The molecule has 40 heavy (non-hydrogen) atoms. The van der Waals surface area contributed by atoms with Crippen molar-refractivity contribution in [2.24, 2.45) is 5.92 Å². The van der Waals surface area contributed by atoms with Crippen LogP contribution in [-0.2, 0) is 16.1 Å². The first-order chi connectivity index (χ1) is 19.4. The fourth-order valence-electron chi connectivity index (χ4n) is 6.66. The van der Waals surface area contributed by atoms with Crippen LogP contribution in [0.4, 0.5) is 0 Å². The molecule has 8 nitrogen and oxygen atoms in total. The molecule has 1 aliphatic carbocycles. The molecule has 1 N–H and O–H groups in total. The summed E-state index contributed by atoms with van der Waals surface area (Å²) in [7, 11) is 0. The molecule has 1 aromatic heterocycles. The average molecular weight is 549 g/mol. The van der Waals surface area contributed by atoms with Crippen LogP contribution in [0.3, 0.4) is 0 Å². The molecule has 8 heteroatoms. The average Bonchev–Trinajstić information content (AvgIpc) is 2.96. The van der Waals surface area contributed by atoms with E-state index in [1.54, 1.807) is 19.1 Å². The van der Waals surface area contributed by atoms with Crippen molar-refractivity contribution in [2.45, 2.75) is 96.2 Å². The second-order valence-electron chi connectivity index (χ2n) is 12.0. The quantitative estimate of drug-likeness (QED) is 0.357. The van der Waals surface area contributed by atoms with Crippen LogP contribution < -0.4 is 14.8 Å². The van der Waals surface area contributed by atoms with E-state index >= 15 is 0 Å². The van der Waals surface area contributed by atoms with Gasteiger partial charge in [-0.05, 0) is 55.4 Å². The molecule has 3 aliphatic rings. The Morgan fingerprint density at radius 3 is 2.40 bits per heavy atom. The highest BCUT2D eigenvalue weighted by Gasteiger charge is 2.53. The first-order valence-electron chi connectivity index (χ1n) is 15.2. The Bertz CT molecular complexity index is 1170. The standard InChI is InChI=1S/C32H44N4O4/c1-3-4-18-35-30(37)29(21-25-8-6-5-7-9-25)33-31(38)32(35)16-19-34(20-17-32)22-26-11-14-27(15-12-26)40-28-13-10-24(2)36(39)23-28/h10-15,23,25,29H,3-9,16-22H2,1-2H3,(H,33,38). The number of nitrogens with one attached hydrogen (secondary N) is 1. The molecule has 1 unspecified atom stereocenters. The number of aryl methyl sites for hydroxylation is 1. The topological polar surface area (TPSA) is 88.8 Å². The lowest BCUT2D eigenvalue weighted by atomic mass is 9.79. The summed E-state index contributed by atoms with van der Waals surface area (Å²) in [4.78, 5) is 31.8. The van der Waals surface area contributed by atoms with Gasteiger partial charge in [-0.15, -0.1) is 0 Å². The van der Waals surface area contributed by atoms with Gasteiger partial charge in [0.1, 0.15) is 17.3 Å². The lowest BCUT2D eigenvalue weighted by Gasteiger charge is -2.52. The maximum Gasteiger partial charge on any atom is 0.246 e. The van der Waals surface area contributed by atoms with Crippen molar-refractivity contribution in [3.63, 3.8) is 0 Å². The van der Waals surface area contributed by atoms with Gasteiger partial charge in [0.2, 0.25) is 18.0 Å². The highest BCUT2D eigenvalue weighted by Crippen LogP contribution is 2.36. The summed E-state index contributed by atoms with van der Waals surface area (Å²) in [6.45, 7) is 6.86. The Balaban J connectivity index is 1.19. The number of nitrogens with zero attached hydrogens (tertiary/aromatic N) is 3. The van der Waals surface area contributed by atoms with E-state index in [0.29, 0.717) is 42.5 Å². The minimum atomic E-state index is -0.726. The van der Waals surface area contributed by atoms with E-state index in [0.717, 1.165) is 49.2 Å². The number of carbonyl (C=O) groups excluding carboxylic acids is 2. The number of pyridine rings is 1. The van der Waals surface area contributed by atoms with Gasteiger partial charge in [-0.3, -0.25) is 14.5 Å². The van der Waals surface area contributed by atoms with Crippen molar-refractivity contribution in [1.82, 2.24) is 15.1 Å². The predicted octanol–water partition coefficient (Wildman–Crippen LogP) is 4.85. The van der Waals surface area contributed by atoms with Crippen LogP contribution in [0.5, 0.6) is 11.5 Å². The number of hydrogen-bond donors (Lipinski definition) is 1. The smallest absolute Gasteiger partial charge is 0.246 e. The van der Waals surface area contributed by atoms with Crippen molar-refractivity contribution in [3.8, 4) is 11.5 Å². The summed E-state index contributed by atoms with van der Waals surface area (Å²) < 4.78 is 6.64. The van der Waals surface area contributed by atoms with Crippen molar-refractivity contribution in [2.75, 3.05) is 19.6 Å². The number of hydrogen-bond acceptors (Lipinski definition) is 5. The van der Waals surface area contributed by atoms with E-state index in [9.17, 15) is 14.8 Å². The molecule has 3 heterocycles. The number of piperazine rings is 1. The Kier molecular flexibility index (Phi) is 8.94. The second kappa shape index (κ2) is 12.6. The summed E-state index contributed by atoms with van der Waals surface area (Å²) in [5.74, 6) is 1.92. The minimum absolute atomic E-state index is 0.0562. The SMILES string of the molecule is CCCCN1C(=O)C(CC2CCCCC2)NC(=O)C12CCN(Cc1ccc(Oc3ccc(C)[n+]([O-])c3)cc1)CC2. The number of carbonyl (C=O) groups is 2. The highest BCUT2D eigenvalue weighted by molar-refractivity contribution is 6.00. The molecule has 1 spiro atoms. The van der Waals surface area contributed by atoms with Crippen molar-refractivity contribution in [1.29, 1.82) is 0 Å². The number of amides is 2. The van der Waals surface area contributed by atoms with Crippen LogP contribution in [0.15, 0.2) is 42.6 Å². The fraction of sp³-hybridized carbons (Fsp3) is 0.594. The molecule has 1 aromatic carbocycles. The van der Waals surface area contributed by atoms with Gasteiger partial charge >= 0.3 is 0 Å². The Morgan fingerprint density at radius 1 is 1.02 bits per heavy atom. The van der Waals surface area contributed by atoms with Crippen molar-refractivity contribution < 1.29 is 19.1 Å². The minimum Gasteiger partial charge on any atom is -0.618 e. The maximum absolute atomic E-state index is 13.8. The lowest BCUT2D eigenvalue weighted by molar-refractivity contribution is -0.612. The van der Waals surface area contributed by atoms with Gasteiger partial charge in [-0.1, -0.05) is 57.6 Å². The normalized spacial score (nSPS) is 21.9. The number of rotatable bonds is 9. The summed E-state index contributed by atoms with van der Waals surface area (Å²) in [6, 6.07) is 11.1. The third-order valence-corrected chi connectivity index (χ3v) is 9.17. The van der Waals surface area contributed by atoms with Crippen LogP contribution in [0.2, 0.25) is 0 Å². The van der Waals surface area contributed by atoms with Crippen LogP contribution in [0.25, 0.3) is 0 Å². The lowest BCUT2D eigenvalue weighted by Crippen LogP contribution is -2.73. The molecule has 5 rings (SSSR count). The van der Waals surface area contributed by atoms with E-state index in [1.165, 1.54) is 38.3 Å². The number of aromatic nitrogens is 1. The van der Waals surface area contributed by atoms with Gasteiger partial charge in [-0.25, -0.2) is 0 Å². The first kappa shape index (κ1) is 28.4. The molecule has 2 aliphatic heterocycles. The molecule has 0 radical (unpaired) electrons. The highest BCUT2D eigenvalue weighted by atomic mass is 16.5. The van der Waals surface area contributed by atoms with Crippen LogP contribution >= 0.6 is 0 Å². The van der Waals surface area contributed by atoms with Gasteiger partial charge in [0.25, 0.3) is 0 Å². The third-order valence-electron chi connectivity index (χ3n) is 9.17. The van der Waals surface area contributed by atoms with Crippen molar-refractivity contribution >= 4 is 11.8 Å². The van der Waals surface area contributed by atoms with Gasteiger partial charge in [0.15, 0.2) is 11.4 Å². The molecule has 3 fully saturated rings. The Morgan fingerprint density at radius 2 is 1.73 bits per heavy atom. The fourth-order valence-corrected chi connectivity index (χ4v) is 6.66. The van der Waals surface area contributed by atoms with Crippen LogP contribution in [0.1, 0.15) is 82.4 Å². The molecule has 216 valence electrons. The monoisotopic (exact) mass is 548 g/mol. The summed E-state index contributed by atoms with van der Waals surface area (Å²) in [5, 5.41) is 15.0.